The average molecular weight is 253 g/mol. The Morgan fingerprint density at radius 1 is 1.13 bits per heavy atom. The van der Waals surface area contributed by atoms with Gasteiger partial charge in [0.05, 0.1) is 11.7 Å². The van der Waals surface area contributed by atoms with E-state index in [1.807, 2.05) is 0 Å². The van der Waals surface area contributed by atoms with Gasteiger partial charge in [0.2, 0.25) is 0 Å². The molecule has 0 unspecified atom stereocenters. The van der Waals surface area contributed by atoms with E-state index in [0.29, 0.717) is 22.2 Å². The number of hydrogen-bond donors (Lipinski definition) is 0. The summed E-state index contributed by atoms with van der Waals surface area (Å²) < 4.78 is 12.4. The molecule has 0 aliphatic heterocycles. The summed E-state index contributed by atoms with van der Waals surface area (Å²) in [7, 11) is 0. The molecule has 0 spiro atoms. The van der Waals surface area contributed by atoms with Gasteiger partial charge in [0.25, 0.3) is 0 Å². The van der Waals surface area contributed by atoms with Crippen molar-refractivity contribution < 1.29 is 0 Å². The zero-order valence-electron chi connectivity index (χ0n) is 6.99. The third kappa shape index (κ3) is 1.54. The maximum Gasteiger partial charge on any atom is 0.194 e. The Hall–Kier alpha value is -1.32. The average Bonchev–Trinajstić information content (AvgIpc) is 3.01. The van der Waals surface area contributed by atoms with Crippen LogP contribution in [0.15, 0.2) is 5.51 Å². The Bertz CT molecular complexity index is 492. The number of nitrogens with zero attached hydrogens (tertiary/aromatic N) is 6. The molecule has 9 heteroatoms. The highest BCUT2D eigenvalue weighted by Crippen LogP contribution is 2.28. The standard InChI is InChI=1S/C6HN6S3/c1-7-5(12-14-1)3-4(11-15-10-3)6-9-8-2-13-6/h1H. The lowest BCUT2D eigenvalue weighted by atomic mass is 10.3. The van der Waals surface area contributed by atoms with E-state index >= 15 is 0 Å². The predicted octanol–water partition coefficient (Wildman–Crippen LogP) is 1.38. The lowest BCUT2D eigenvalue weighted by Crippen LogP contribution is -1.85. The molecule has 0 saturated carbocycles. The zero-order chi connectivity index (χ0) is 10.1. The van der Waals surface area contributed by atoms with Gasteiger partial charge < -0.3 is 0 Å². The van der Waals surface area contributed by atoms with Crippen LogP contribution in [0.2, 0.25) is 0 Å². The van der Waals surface area contributed by atoms with Gasteiger partial charge in [-0.2, -0.15) is 13.1 Å². The van der Waals surface area contributed by atoms with E-state index in [1.54, 1.807) is 5.51 Å². The van der Waals surface area contributed by atoms with Crippen molar-refractivity contribution in [1.29, 1.82) is 0 Å². The lowest BCUT2D eigenvalue weighted by Gasteiger charge is -1.89. The van der Waals surface area contributed by atoms with Crippen molar-refractivity contribution in [3.05, 3.63) is 11.0 Å². The fraction of sp³-hybridized carbons (Fsp3) is 0. The molecule has 15 heavy (non-hydrogen) atoms. The highest BCUT2D eigenvalue weighted by Gasteiger charge is 2.17. The largest absolute Gasteiger partial charge is 0.222 e. The Morgan fingerprint density at radius 2 is 2.07 bits per heavy atom. The maximum absolute atomic E-state index is 4.16. The predicted molar refractivity (Wildman–Crippen MR) is 56.6 cm³/mol. The quantitative estimate of drug-likeness (QED) is 0.686. The number of hydrogen-bond acceptors (Lipinski definition) is 9. The van der Waals surface area contributed by atoms with Crippen molar-refractivity contribution >= 4 is 34.6 Å². The third-order valence-corrected chi connectivity index (χ3v) is 3.24. The molecule has 3 heterocycles. The molecule has 3 aromatic heterocycles. The van der Waals surface area contributed by atoms with Gasteiger partial charge in [0.15, 0.2) is 22.0 Å². The van der Waals surface area contributed by atoms with Gasteiger partial charge in [-0.3, -0.25) is 0 Å². The first-order valence-corrected chi connectivity index (χ1v) is 6.12. The van der Waals surface area contributed by atoms with Gasteiger partial charge in [0.1, 0.15) is 11.2 Å². The van der Waals surface area contributed by atoms with Crippen molar-refractivity contribution in [3.63, 3.8) is 0 Å². The van der Waals surface area contributed by atoms with E-state index in [-0.39, 0.29) is 0 Å². The Kier molecular flexibility index (Phi) is 2.19. The summed E-state index contributed by atoms with van der Waals surface area (Å²) in [5.41, 5.74) is 5.66. The van der Waals surface area contributed by atoms with Crippen LogP contribution in [0.4, 0.5) is 0 Å². The van der Waals surface area contributed by atoms with E-state index < -0.39 is 0 Å². The second kappa shape index (κ2) is 3.68. The smallest absolute Gasteiger partial charge is 0.194 e. The topological polar surface area (TPSA) is 77.3 Å². The summed E-state index contributed by atoms with van der Waals surface area (Å²) >= 11 is 3.69. The van der Waals surface area contributed by atoms with E-state index in [4.69, 9.17) is 0 Å². The second-order valence-corrected chi connectivity index (χ2v) is 4.32. The van der Waals surface area contributed by atoms with Gasteiger partial charge in [-0.15, -0.1) is 10.2 Å². The minimum atomic E-state index is 0.582. The molecule has 0 aliphatic rings. The molecule has 0 N–H and O–H groups in total. The van der Waals surface area contributed by atoms with Crippen molar-refractivity contribution in [3.8, 4) is 22.2 Å². The molecule has 3 rings (SSSR count). The Morgan fingerprint density at radius 3 is 2.80 bits per heavy atom. The van der Waals surface area contributed by atoms with Crippen molar-refractivity contribution in [2.24, 2.45) is 0 Å². The molecular weight excluding hydrogens is 252 g/mol. The SMILES string of the molecule is [c]1nnc(-c2nsnc2-c2ncsn2)s1. The van der Waals surface area contributed by atoms with Crippen LogP contribution in [-0.4, -0.2) is 28.3 Å². The molecule has 0 aromatic carbocycles. The van der Waals surface area contributed by atoms with Gasteiger partial charge >= 0.3 is 0 Å². The maximum atomic E-state index is 4.16. The molecule has 6 nitrogen and oxygen atoms in total. The molecule has 1 radical (unpaired) electrons. The number of rotatable bonds is 2. The minimum Gasteiger partial charge on any atom is -0.222 e. The molecule has 0 bridgehead atoms. The first-order chi connectivity index (χ1) is 7.45. The van der Waals surface area contributed by atoms with Crippen LogP contribution in [0.1, 0.15) is 0 Å². The van der Waals surface area contributed by atoms with Crippen LogP contribution >= 0.6 is 34.6 Å². The summed E-state index contributed by atoms with van der Waals surface area (Å²) in [6.07, 6.45) is 0. The van der Waals surface area contributed by atoms with E-state index in [2.05, 4.69) is 33.8 Å². The molecule has 0 fully saturated rings. The fourth-order valence-corrected chi connectivity index (χ4v) is 2.52. The first-order valence-electron chi connectivity index (χ1n) is 3.74. The number of aromatic nitrogens is 6. The highest BCUT2D eigenvalue weighted by molar-refractivity contribution is 7.12. The van der Waals surface area contributed by atoms with E-state index in [9.17, 15) is 0 Å². The van der Waals surface area contributed by atoms with Crippen molar-refractivity contribution in [2.75, 3.05) is 0 Å². The van der Waals surface area contributed by atoms with Crippen LogP contribution in [-0.2, 0) is 0 Å². The summed E-state index contributed by atoms with van der Waals surface area (Å²) in [4.78, 5) is 4.09. The molecule has 73 valence electrons. The monoisotopic (exact) mass is 253 g/mol. The summed E-state index contributed by atoms with van der Waals surface area (Å²) in [5.74, 6) is 0.582. The van der Waals surface area contributed by atoms with Crippen LogP contribution in [0.5, 0.6) is 0 Å². The van der Waals surface area contributed by atoms with Gasteiger partial charge in [-0.25, -0.2) is 4.98 Å². The third-order valence-electron chi connectivity index (χ3n) is 1.59. The van der Waals surface area contributed by atoms with Gasteiger partial charge in [-0.05, 0) is 11.5 Å². The molecular formula is C6HN6S3. The zero-order valence-corrected chi connectivity index (χ0v) is 9.43. The fourth-order valence-electron chi connectivity index (χ4n) is 0.996. The normalized spacial score (nSPS) is 10.7. The first kappa shape index (κ1) is 8.95. The summed E-state index contributed by atoms with van der Waals surface area (Å²) in [6.45, 7) is 0. The van der Waals surface area contributed by atoms with Gasteiger partial charge in [0, 0.05) is 0 Å². The van der Waals surface area contributed by atoms with Crippen LogP contribution in [0, 0.1) is 5.51 Å². The van der Waals surface area contributed by atoms with Crippen molar-refractivity contribution in [2.45, 2.75) is 0 Å². The van der Waals surface area contributed by atoms with Crippen LogP contribution in [0.3, 0.4) is 0 Å². The molecule has 0 saturated heterocycles. The molecule has 0 amide bonds. The van der Waals surface area contributed by atoms with Crippen LogP contribution in [0.25, 0.3) is 22.2 Å². The summed E-state index contributed by atoms with van der Waals surface area (Å²) in [6, 6.07) is 0. The minimum absolute atomic E-state index is 0.582. The van der Waals surface area contributed by atoms with Gasteiger partial charge in [-0.1, -0.05) is 11.3 Å². The van der Waals surface area contributed by atoms with E-state index in [0.717, 1.165) is 11.7 Å². The molecule has 0 aliphatic carbocycles. The lowest BCUT2D eigenvalue weighted by molar-refractivity contribution is 1.08. The van der Waals surface area contributed by atoms with Crippen molar-refractivity contribution in [1.82, 2.24) is 28.3 Å². The highest BCUT2D eigenvalue weighted by atomic mass is 32.1. The van der Waals surface area contributed by atoms with Crippen LogP contribution < -0.4 is 0 Å². The second-order valence-electron chi connectivity index (χ2n) is 2.41. The molecule has 0 atom stereocenters. The van der Waals surface area contributed by atoms with E-state index in [1.165, 1.54) is 22.9 Å². The Balaban J connectivity index is 2.15. The summed E-state index contributed by atoms with van der Waals surface area (Å²) in [5, 5.41) is 8.23. The Labute approximate surface area is 96.2 Å². The molecule has 3 aromatic rings.